The number of nitrogens with one attached hydrogen (secondary N) is 1. The molecule has 1 unspecified atom stereocenters. The zero-order valence-corrected chi connectivity index (χ0v) is 13.1. The van der Waals surface area contributed by atoms with E-state index < -0.39 is 10.0 Å². The van der Waals surface area contributed by atoms with E-state index in [0.717, 1.165) is 10.0 Å². The summed E-state index contributed by atoms with van der Waals surface area (Å²) >= 11 is 3.34. The van der Waals surface area contributed by atoms with Gasteiger partial charge >= 0.3 is 0 Å². The summed E-state index contributed by atoms with van der Waals surface area (Å²) in [6, 6.07) is 12.5. The van der Waals surface area contributed by atoms with Crippen molar-refractivity contribution in [1.29, 1.82) is 0 Å². The van der Waals surface area contributed by atoms with Crippen molar-refractivity contribution in [2.24, 2.45) is 0 Å². The molecular weight excluding hydrogens is 342 g/mol. The second kappa shape index (κ2) is 5.95. The van der Waals surface area contributed by atoms with Crippen molar-refractivity contribution in [1.82, 2.24) is 4.72 Å². The fraction of sp³-hybridized carbons (Fsp3) is 0.143. The summed E-state index contributed by atoms with van der Waals surface area (Å²) in [7, 11) is -3.61. The van der Waals surface area contributed by atoms with E-state index in [1.54, 1.807) is 6.92 Å². The Morgan fingerprint density at radius 2 is 1.60 bits per heavy atom. The van der Waals surface area contributed by atoms with Crippen molar-refractivity contribution in [3.63, 3.8) is 0 Å². The highest BCUT2D eigenvalue weighted by Gasteiger charge is 2.18. The predicted octanol–water partition coefficient (Wildman–Crippen LogP) is 3.19. The Kier molecular flexibility index (Phi) is 4.47. The van der Waals surface area contributed by atoms with E-state index >= 15 is 0 Å². The van der Waals surface area contributed by atoms with E-state index in [2.05, 4.69) is 20.7 Å². The highest BCUT2D eigenvalue weighted by molar-refractivity contribution is 9.10. The van der Waals surface area contributed by atoms with E-state index in [-0.39, 0.29) is 16.7 Å². The van der Waals surface area contributed by atoms with E-state index in [4.69, 9.17) is 0 Å². The first kappa shape index (κ1) is 15.0. The Balaban J connectivity index is 2.19. The van der Waals surface area contributed by atoms with Gasteiger partial charge in [0.1, 0.15) is 5.75 Å². The molecule has 0 aliphatic rings. The Bertz CT molecular complexity index is 681. The van der Waals surface area contributed by atoms with Crippen molar-refractivity contribution < 1.29 is 13.5 Å². The average molecular weight is 356 g/mol. The molecule has 0 saturated heterocycles. The van der Waals surface area contributed by atoms with Crippen LogP contribution in [0.2, 0.25) is 0 Å². The molecule has 2 rings (SSSR count). The van der Waals surface area contributed by atoms with Gasteiger partial charge in [-0.25, -0.2) is 13.1 Å². The average Bonchev–Trinajstić information content (AvgIpc) is 2.39. The standard InChI is InChI=1S/C14H14BrNO3S/c1-10(11-2-4-12(15)5-3-11)16-20(18,19)14-8-6-13(17)7-9-14/h2-10,16-17H,1H3. The lowest BCUT2D eigenvalue weighted by Crippen LogP contribution is -2.26. The van der Waals surface area contributed by atoms with Gasteiger partial charge in [0.15, 0.2) is 0 Å². The van der Waals surface area contributed by atoms with Crippen molar-refractivity contribution in [3.05, 3.63) is 58.6 Å². The third kappa shape index (κ3) is 3.59. The quantitative estimate of drug-likeness (QED) is 0.884. The first-order chi connectivity index (χ1) is 9.38. The second-order valence-electron chi connectivity index (χ2n) is 4.39. The van der Waals surface area contributed by atoms with Crippen LogP contribution in [-0.2, 0) is 10.0 Å². The maximum Gasteiger partial charge on any atom is 0.241 e. The van der Waals surface area contributed by atoms with Gasteiger partial charge in [0, 0.05) is 10.5 Å². The summed E-state index contributed by atoms with van der Waals surface area (Å²) in [5.41, 5.74) is 0.871. The number of sulfonamides is 1. The topological polar surface area (TPSA) is 66.4 Å². The van der Waals surface area contributed by atoms with Crippen LogP contribution >= 0.6 is 15.9 Å². The lowest BCUT2D eigenvalue weighted by Gasteiger charge is -2.14. The molecule has 2 aromatic carbocycles. The first-order valence-corrected chi connectivity index (χ1v) is 8.23. The van der Waals surface area contributed by atoms with Crippen LogP contribution in [0.4, 0.5) is 0 Å². The summed E-state index contributed by atoms with van der Waals surface area (Å²) in [5.74, 6) is 0.0323. The fourth-order valence-corrected chi connectivity index (χ4v) is 3.24. The number of hydrogen-bond donors (Lipinski definition) is 2. The molecule has 4 nitrogen and oxygen atoms in total. The van der Waals surface area contributed by atoms with Crippen LogP contribution in [0.15, 0.2) is 57.9 Å². The van der Waals surface area contributed by atoms with Crippen LogP contribution in [0.1, 0.15) is 18.5 Å². The minimum atomic E-state index is -3.61. The molecule has 0 aliphatic heterocycles. The van der Waals surface area contributed by atoms with Crippen LogP contribution in [0.25, 0.3) is 0 Å². The molecule has 0 bridgehead atoms. The van der Waals surface area contributed by atoms with Gasteiger partial charge in [-0.05, 0) is 48.9 Å². The number of halogens is 1. The van der Waals surface area contributed by atoms with Crippen molar-refractivity contribution in [3.8, 4) is 5.75 Å². The number of hydrogen-bond acceptors (Lipinski definition) is 3. The third-order valence-electron chi connectivity index (χ3n) is 2.85. The maximum absolute atomic E-state index is 12.2. The number of phenols is 1. The smallest absolute Gasteiger partial charge is 0.241 e. The normalized spacial score (nSPS) is 13.1. The van der Waals surface area contributed by atoms with Crippen LogP contribution < -0.4 is 4.72 Å². The highest BCUT2D eigenvalue weighted by Crippen LogP contribution is 2.20. The van der Waals surface area contributed by atoms with Crippen LogP contribution in [0, 0.1) is 0 Å². The number of aromatic hydroxyl groups is 1. The van der Waals surface area contributed by atoms with Gasteiger partial charge in [0.2, 0.25) is 10.0 Å². The Morgan fingerprint density at radius 3 is 2.15 bits per heavy atom. The summed E-state index contributed by atoms with van der Waals surface area (Å²) in [6.07, 6.45) is 0. The molecule has 0 heterocycles. The van der Waals surface area contributed by atoms with Crippen molar-refractivity contribution in [2.75, 3.05) is 0 Å². The van der Waals surface area contributed by atoms with E-state index in [1.807, 2.05) is 24.3 Å². The molecule has 0 aromatic heterocycles. The molecule has 2 N–H and O–H groups in total. The molecule has 1 atom stereocenters. The molecule has 20 heavy (non-hydrogen) atoms. The maximum atomic E-state index is 12.2. The van der Waals surface area contributed by atoms with Gasteiger partial charge in [-0.3, -0.25) is 0 Å². The lowest BCUT2D eigenvalue weighted by atomic mass is 10.1. The zero-order chi connectivity index (χ0) is 14.8. The summed E-state index contributed by atoms with van der Waals surface area (Å²) in [6.45, 7) is 1.78. The molecule has 6 heteroatoms. The largest absolute Gasteiger partial charge is 0.508 e. The molecule has 2 aromatic rings. The van der Waals surface area contributed by atoms with Crippen molar-refractivity contribution in [2.45, 2.75) is 17.9 Å². The fourth-order valence-electron chi connectivity index (χ4n) is 1.75. The Hall–Kier alpha value is -1.37. The van der Waals surface area contributed by atoms with Gasteiger partial charge in [0.05, 0.1) is 4.90 Å². The first-order valence-electron chi connectivity index (χ1n) is 5.95. The summed E-state index contributed by atoms with van der Waals surface area (Å²) in [4.78, 5) is 0.124. The van der Waals surface area contributed by atoms with Crippen molar-refractivity contribution >= 4 is 26.0 Å². The molecule has 0 fully saturated rings. The van der Waals surface area contributed by atoms with E-state index in [9.17, 15) is 13.5 Å². The van der Waals surface area contributed by atoms with Gasteiger partial charge in [-0.1, -0.05) is 28.1 Å². The number of benzene rings is 2. The number of phenolic OH excluding ortho intramolecular Hbond substituents is 1. The van der Waals surface area contributed by atoms with Gasteiger partial charge < -0.3 is 5.11 Å². The van der Waals surface area contributed by atoms with E-state index in [0.29, 0.717) is 0 Å². The Morgan fingerprint density at radius 1 is 1.05 bits per heavy atom. The molecule has 0 saturated carbocycles. The lowest BCUT2D eigenvalue weighted by molar-refractivity contribution is 0.474. The molecular formula is C14H14BrNO3S. The summed E-state index contributed by atoms with van der Waals surface area (Å²) in [5, 5.41) is 9.19. The monoisotopic (exact) mass is 355 g/mol. The Labute approximate surface area is 126 Å². The minimum absolute atomic E-state index is 0.0323. The number of rotatable bonds is 4. The van der Waals surface area contributed by atoms with Gasteiger partial charge in [0.25, 0.3) is 0 Å². The van der Waals surface area contributed by atoms with Gasteiger partial charge in [-0.15, -0.1) is 0 Å². The second-order valence-corrected chi connectivity index (χ2v) is 7.02. The molecule has 106 valence electrons. The summed E-state index contributed by atoms with van der Waals surface area (Å²) < 4.78 is 27.9. The molecule has 0 amide bonds. The van der Waals surface area contributed by atoms with Crippen LogP contribution in [0.5, 0.6) is 5.75 Å². The SMILES string of the molecule is CC(NS(=O)(=O)c1ccc(O)cc1)c1ccc(Br)cc1. The predicted molar refractivity (Wildman–Crippen MR) is 81.0 cm³/mol. The van der Waals surface area contributed by atoms with Crippen LogP contribution in [-0.4, -0.2) is 13.5 Å². The van der Waals surface area contributed by atoms with E-state index in [1.165, 1.54) is 24.3 Å². The molecule has 0 aliphatic carbocycles. The minimum Gasteiger partial charge on any atom is -0.508 e. The molecule has 0 radical (unpaired) electrons. The van der Waals surface area contributed by atoms with Gasteiger partial charge in [-0.2, -0.15) is 0 Å². The third-order valence-corrected chi connectivity index (χ3v) is 4.93. The zero-order valence-electron chi connectivity index (χ0n) is 10.7. The molecule has 0 spiro atoms. The highest BCUT2D eigenvalue weighted by atomic mass is 79.9. The van der Waals surface area contributed by atoms with Crippen LogP contribution in [0.3, 0.4) is 0 Å².